The highest BCUT2D eigenvalue weighted by Crippen LogP contribution is 2.30. The molecule has 0 bridgehead atoms. The number of carbonyl (C=O) groups is 1. The van der Waals surface area contributed by atoms with Crippen LogP contribution in [0.3, 0.4) is 0 Å². The third kappa shape index (κ3) is 3.49. The molecule has 0 atom stereocenters. The maximum Gasteiger partial charge on any atom is 0.307 e. The van der Waals surface area contributed by atoms with Crippen molar-refractivity contribution in [2.75, 3.05) is 7.11 Å². The lowest BCUT2D eigenvalue weighted by molar-refractivity contribution is -0.136. The molecule has 0 aliphatic carbocycles. The fraction of sp³-hybridized carbons (Fsp3) is 0.125. The van der Waals surface area contributed by atoms with Gasteiger partial charge in [0.25, 0.3) is 0 Å². The summed E-state index contributed by atoms with van der Waals surface area (Å²) in [5, 5.41) is 10.3. The summed E-state index contributed by atoms with van der Waals surface area (Å²) >= 11 is 0. The van der Waals surface area contributed by atoms with Crippen LogP contribution in [0.25, 0.3) is 22.0 Å². The van der Waals surface area contributed by atoms with Crippen molar-refractivity contribution in [3.63, 3.8) is 0 Å². The number of carboxylic acid groups (broad SMARTS) is 1. The van der Waals surface area contributed by atoms with E-state index in [9.17, 15) is 9.90 Å². The van der Waals surface area contributed by atoms with E-state index in [1.807, 2.05) is 48.5 Å². The van der Waals surface area contributed by atoms with Crippen molar-refractivity contribution in [3.8, 4) is 16.9 Å². The number of aromatic amines is 1. The van der Waals surface area contributed by atoms with Crippen LogP contribution in [0.15, 0.2) is 72.8 Å². The summed E-state index contributed by atoms with van der Waals surface area (Å²) in [6.07, 6.45) is 0.669. The van der Waals surface area contributed by atoms with Crippen molar-refractivity contribution in [2.24, 2.45) is 0 Å². The monoisotopic (exact) mass is 371 g/mol. The van der Waals surface area contributed by atoms with Crippen LogP contribution in [-0.4, -0.2) is 23.2 Å². The minimum atomic E-state index is -0.822. The van der Waals surface area contributed by atoms with Crippen LogP contribution in [0.1, 0.15) is 16.8 Å². The van der Waals surface area contributed by atoms with Gasteiger partial charge in [0.2, 0.25) is 0 Å². The van der Waals surface area contributed by atoms with E-state index in [-0.39, 0.29) is 6.42 Å². The zero-order chi connectivity index (χ0) is 19.5. The maximum atomic E-state index is 11.4. The summed E-state index contributed by atoms with van der Waals surface area (Å²) in [5.74, 6) is 0.0205. The SMILES string of the molecule is COc1ccccc1-c1ccc(Cc2[nH]c3ccccc3c2CC(=O)O)cc1. The lowest BCUT2D eigenvalue weighted by Gasteiger charge is -2.09. The summed E-state index contributed by atoms with van der Waals surface area (Å²) in [4.78, 5) is 14.8. The first kappa shape index (κ1) is 17.9. The van der Waals surface area contributed by atoms with Crippen LogP contribution >= 0.6 is 0 Å². The molecule has 0 amide bonds. The standard InChI is InChI=1S/C24H21NO3/c1-28-23-9-5-3-6-18(23)17-12-10-16(11-13-17)14-22-20(15-24(26)27)19-7-2-4-8-21(19)25-22/h2-13,25H,14-15H2,1H3,(H,26,27). The van der Waals surface area contributed by atoms with Gasteiger partial charge in [0, 0.05) is 28.6 Å². The normalized spacial score (nSPS) is 10.9. The fourth-order valence-corrected chi connectivity index (χ4v) is 3.65. The largest absolute Gasteiger partial charge is 0.496 e. The van der Waals surface area contributed by atoms with E-state index < -0.39 is 5.97 Å². The Morgan fingerprint density at radius 1 is 0.964 bits per heavy atom. The number of H-pyrrole nitrogens is 1. The van der Waals surface area contributed by atoms with Gasteiger partial charge in [-0.1, -0.05) is 60.7 Å². The average molecular weight is 371 g/mol. The molecule has 140 valence electrons. The molecule has 3 aromatic carbocycles. The molecule has 28 heavy (non-hydrogen) atoms. The number of hydrogen-bond acceptors (Lipinski definition) is 2. The Hall–Kier alpha value is -3.53. The molecule has 0 saturated carbocycles. The van der Waals surface area contributed by atoms with Gasteiger partial charge in [-0.25, -0.2) is 0 Å². The molecule has 4 nitrogen and oxygen atoms in total. The van der Waals surface area contributed by atoms with Crippen LogP contribution in [0.2, 0.25) is 0 Å². The molecule has 4 aromatic rings. The average Bonchev–Trinajstić information content (AvgIpc) is 3.05. The number of aromatic nitrogens is 1. The Morgan fingerprint density at radius 2 is 1.68 bits per heavy atom. The molecule has 0 aliphatic rings. The first-order valence-electron chi connectivity index (χ1n) is 9.18. The van der Waals surface area contributed by atoms with Crippen molar-refractivity contribution in [1.29, 1.82) is 0 Å². The van der Waals surface area contributed by atoms with Gasteiger partial charge in [0.15, 0.2) is 0 Å². The molecule has 1 heterocycles. The van der Waals surface area contributed by atoms with Crippen molar-refractivity contribution in [1.82, 2.24) is 4.98 Å². The van der Waals surface area contributed by atoms with Crippen LogP contribution in [-0.2, 0) is 17.6 Å². The third-order valence-electron chi connectivity index (χ3n) is 4.98. The molecule has 4 rings (SSSR count). The first-order chi connectivity index (χ1) is 13.7. The first-order valence-corrected chi connectivity index (χ1v) is 9.18. The fourth-order valence-electron chi connectivity index (χ4n) is 3.65. The molecule has 0 aliphatic heterocycles. The van der Waals surface area contributed by atoms with E-state index in [0.717, 1.165) is 44.6 Å². The second-order valence-electron chi connectivity index (χ2n) is 6.77. The van der Waals surface area contributed by atoms with Crippen molar-refractivity contribution >= 4 is 16.9 Å². The number of methoxy groups -OCH3 is 1. The number of hydrogen-bond donors (Lipinski definition) is 2. The molecule has 0 fully saturated rings. The molecule has 2 N–H and O–H groups in total. The van der Waals surface area contributed by atoms with Crippen molar-refractivity contribution < 1.29 is 14.6 Å². The summed E-state index contributed by atoms with van der Waals surface area (Å²) < 4.78 is 5.45. The zero-order valence-corrected chi connectivity index (χ0v) is 15.6. The van der Waals surface area contributed by atoms with Crippen LogP contribution in [0, 0.1) is 0 Å². The smallest absolute Gasteiger partial charge is 0.307 e. The summed E-state index contributed by atoms with van der Waals surface area (Å²) in [5.41, 5.74) is 6.04. The summed E-state index contributed by atoms with van der Waals surface area (Å²) in [6, 6.07) is 24.1. The molecule has 0 unspecified atom stereocenters. The van der Waals surface area contributed by atoms with Gasteiger partial charge >= 0.3 is 5.97 Å². The number of para-hydroxylation sites is 2. The third-order valence-corrected chi connectivity index (χ3v) is 4.98. The Kier molecular flexibility index (Phi) is 4.85. The lowest BCUT2D eigenvalue weighted by atomic mass is 9.99. The molecular weight excluding hydrogens is 350 g/mol. The minimum Gasteiger partial charge on any atom is -0.496 e. The quantitative estimate of drug-likeness (QED) is 0.498. The topological polar surface area (TPSA) is 62.3 Å². The predicted octanol–water partition coefficient (Wildman–Crippen LogP) is 5.06. The van der Waals surface area contributed by atoms with E-state index in [1.54, 1.807) is 7.11 Å². The number of aliphatic carboxylic acids is 1. The molecule has 1 aromatic heterocycles. The van der Waals surface area contributed by atoms with E-state index in [1.165, 1.54) is 0 Å². The second kappa shape index (κ2) is 7.61. The Morgan fingerprint density at radius 3 is 2.43 bits per heavy atom. The maximum absolute atomic E-state index is 11.4. The molecular formula is C24H21NO3. The second-order valence-corrected chi connectivity index (χ2v) is 6.77. The highest BCUT2D eigenvalue weighted by molar-refractivity contribution is 5.88. The summed E-state index contributed by atoms with van der Waals surface area (Å²) in [6.45, 7) is 0. The lowest BCUT2D eigenvalue weighted by Crippen LogP contribution is -2.03. The zero-order valence-electron chi connectivity index (χ0n) is 15.6. The van der Waals surface area contributed by atoms with E-state index in [0.29, 0.717) is 6.42 Å². The van der Waals surface area contributed by atoms with E-state index in [2.05, 4.69) is 29.2 Å². The van der Waals surface area contributed by atoms with Gasteiger partial charge in [-0.2, -0.15) is 0 Å². The van der Waals surface area contributed by atoms with E-state index >= 15 is 0 Å². The number of benzene rings is 3. The van der Waals surface area contributed by atoms with Gasteiger partial charge < -0.3 is 14.8 Å². The molecule has 4 heteroatoms. The Balaban J connectivity index is 1.66. The van der Waals surface area contributed by atoms with Crippen LogP contribution in [0.5, 0.6) is 5.75 Å². The molecule has 0 spiro atoms. The van der Waals surface area contributed by atoms with Crippen LogP contribution in [0.4, 0.5) is 0 Å². The Labute approximate surface area is 163 Å². The number of nitrogens with one attached hydrogen (secondary N) is 1. The van der Waals surface area contributed by atoms with Gasteiger partial charge in [-0.15, -0.1) is 0 Å². The number of ether oxygens (including phenoxy) is 1. The number of fused-ring (bicyclic) bond motifs is 1. The van der Waals surface area contributed by atoms with E-state index in [4.69, 9.17) is 4.74 Å². The van der Waals surface area contributed by atoms with Crippen LogP contribution < -0.4 is 4.74 Å². The molecule has 0 saturated heterocycles. The minimum absolute atomic E-state index is 0.0125. The van der Waals surface area contributed by atoms with Crippen molar-refractivity contribution in [2.45, 2.75) is 12.8 Å². The van der Waals surface area contributed by atoms with Gasteiger partial charge in [-0.05, 0) is 28.8 Å². The summed E-state index contributed by atoms with van der Waals surface area (Å²) in [7, 11) is 1.67. The van der Waals surface area contributed by atoms with Gasteiger partial charge in [-0.3, -0.25) is 4.79 Å². The van der Waals surface area contributed by atoms with Crippen molar-refractivity contribution in [3.05, 3.63) is 89.6 Å². The van der Waals surface area contributed by atoms with Gasteiger partial charge in [0.05, 0.1) is 13.5 Å². The Bertz CT molecular complexity index is 1130. The highest BCUT2D eigenvalue weighted by atomic mass is 16.5. The molecule has 0 radical (unpaired) electrons. The van der Waals surface area contributed by atoms with Gasteiger partial charge in [0.1, 0.15) is 5.75 Å². The number of carboxylic acids is 1. The number of rotatable bonds is 6. The highest BCUT2D eigenvalue weighted by Gasteiger charge is 2.14. The predicted molar refractivity (Wildman–Crippen MR) is 111 cm³/mol.